The van der Waals surface area contributed by atoms with E-state index in [1.807, 2.05) is 48.6 Å². The number of thioether (sulfide) groups is 1. The van der Waals surface area contributed by atoms with Gasteiger partial charge in [-0.05, 0) is 29.2 Å². The number of ether oxygens (including phenoxy) is 1. The highest BCUT2D eigenvalue weighted by Crippen LogP contribution is 2.31. The summed E-state index contributed by atoms with van der Waals surface area (Å²) in [5.74, 6) is -0.577. The number of aromatic nitrogens is 1. The average Bonchev–Trinajstić information content (AvgIpc) is 3.02. The maximum atomic E-state index is 11.7. The van der Waals surface area contributed by atoms with Crippen molar-refractivity contribution in [3.63, 3.8) is 0 Å². The lowest BCUT2D eigenvalue weighted by atomic mass is 9.94. The van der Waals surface area contributed by atoms with Crippen LogP contribution in [0.25, 0.3) is 17.2 Å². The first kappa shape index (κ1) is 16.9. The predicted molar refractivity (Wildman–Crippen MR) is 101 cm³/mol. The van der Waals surface area contributed by atoms with Gasteiger partial charge in [0.1, 0.15) is 19.0 Å². The van der Waals surface area contributed by atoms with Crippen molar-refractivity contribution in [2.24, 2.45) is 0 Å². The highest BCUT2D eigenvalue weighted by atomic mass is 32.2. The van der Waals surface area contributed by atoms with Crippen LogP contribution in [-0.2, 0) is 14.3 Å². The van der Waals surface area contributed by atoms with Crippen LogP contribution in [0.15, 0.2) is 42.5 Å². The number of para-hydroxylation sites is 1. The van der Waals surface area contributed by atoms with Crippen molar-refractivity contribution in [1.82, 2.24) is 4.57 Å². The van der Waals surface area contributed by atoms with Crippen molar-refractivity contribution in [1.29, 1.82) is 0 Å². The molecule has 5 nitrogen and oxygen atoms in total. The summed E-state index contributed by atoms with van der Waals surface area (Å²) in [7, 11) is 0. The lowest BCUT2D eigenvalue weighted by Gasteiger charge is -2.20. The Balaban J connectivity index is 1.98. The first-order chi connectivity index (χ1) is 12.7. The molecule has 6 heteroatoms. The third kappa shape index (κ3) is 2.81. The number of benzene rings is 1. The van der Waals surface area contributed by atoms with E-state index < -0.39 is 12.1 Å². The Morgan fingerprint density at radius 2 is 2.08 bits per heavy atom. The SMILES string of the molecule is O=CC1CSC=c2c1c1c(n2-c2ccccc2)=CC=CC1OCC(=O)O. The van der Waals surface area contributed by atoms with Gasteiger partial charge in [-0.1, -0.05) is 30.4 Å². The molecule has 4 rings (SSSR count). The first-order valence-corrected chi connectivity index (χ1v) is 9.34. The molecule has 0 amide bonds. The molecule has 0 spiro atoms. The Morgan fingerprint density at radius 3 is 2.81 bits per heavy atom. The Labute approximate surface area is 154 Å². The van der Waals surface area contributed by atoms with Crippen LogP contribution in [0.1, 0.15) is 23.1 Å². The number of carboxylic acid groups (broad SMARTS) is 1. The van der Waals surface area contributed by atoms with Gasteiger partial charge in [0.25, 0.3) is 0 Å². The molecule has 2 heterocycles. The Kier molecular flexibility index (Phi) is 4.53. The van der Waals surface area contributed by atoms with Crippen LogP contribution in [-0.4, -0.2) is 34.3 Å². The van der Waals surface area contributed by atoms with Crippen LogP contribution in [0.3, 0.4) is 0 Å². The normalized spacial score (nSPS) is 20.5. The van der Waals surface area contributed by atoms with E-state index in [4.69, 9.17) is 9.84 Å². The van der Waals surface area contributed by atoms with Gasteiger partial charge in [-0.25, -0.2) is 4.79 Å². The summed E-state index contributed by atoms with van der Waals surface area (Å²) >= 11 is 1.62. The molecule has 0 fully saturated rings. The Morgan fingerprint density at radius 1 is 1.27 bits per heavy atom. The lowest BCUT2D eigenvalue weighted by molar-refractivity contribution is -0.143. The molecular formula is C20H17NO4S. The number of carboxylic acids is 1. The zero-order valence-electron chi connectivity index (χ0n) is 13.9. The summed E-state index contributed by atoms with van der Waals surface area (Å²) in [5, 5.41) is 13.0. The summed E-state index contributed by atoms with van der Waals surface area (Å²) in [6.07, 6.45) is 6.19. The van der Waals surface area contributed by atoms with Crippen molar-refractivity contribution in [2.45, 2.75) is 12.0 Å². The van der Waals surface area contributed by atoms with Crippen LogP contribution in [0.2, 0.25) is 0 Å². The number of carbonyl (C=O) groups excluding carboxylic acids is 1. The highest BCUT2D eigenvalue weighted by molar-refractivity contribution is 8.06. The van der Waals surface area contributed by atoms with Gasteiger partial charge in [-0.2, -0.15) is 0 Å². The molecule has 1 aromatic carbocycles. The van der Waals surface area contributed by atoms with Crippen LogP contribution in [0, 0.1) is 0 Å². The molecule has 1 aliphatic heterocycles. The fourth-order valence-corrected chi connectivity index (χ4v) is 4.48. The summed E-state index contributed by atoms with van der Waals surface area (Å²) in [6, 6.07) is 9.93. The van der Waals surface area contributed by atoms with Crippen LogP contribution >= 0.6 is 11.8 Å². The minimum atomic E-state index is -1.01. The number of nitrogens with zero attached hydrogens (tertiary/aromatic N) is 1. The van der Waals surface area contributed by atoms with E-state index in [9.17, 15) is 9.59 Å². The molecule has 0 saturated carbocycles. The summed E-state index contributed by atoms with van der Waals surface area (Å²) in [5.41, 5.74) is 2.83. The molecule has 26 heavy (non-hydrogen) atoms. The average molecular weight is 367 g/mol. The van der Waals surface area contributed by atoms with Crippen LogP contribution in [0.4, 0.5) is 0 Å². The van der Waals surface area contributed by atoms with Gasteiger partial charge in [-0.3, -0.25) is 0 Å². The molecule has 132 valence electrons. The van der Waals surface area contributed by atoms with Crippen molar-refractivity contribution >= 4 is 35.5 Å². The van der Waals surface area contributed by atoms with E-state index in [1.165, 1.54) is 0 Å². The molecule has 0 radical (unpaired) electrons. The minimum absolute atomic E-state index is 0.241. The van der Waals surface area contributed by atoms with Gasteiger partial charge in [-0.15, -0.1) is 11.8 Å². The van der Waals surface area contributed by atoms with E-state index in [0.717, 1.165) is 33.8 Å². The lowest BCUT2D eigenvalue weighted by Crippen LogP contribution is -2.28. The number of hydrogen-bond acceptors (Lipinski definition) is 4. The van der Waals surface area contributed by atoms with Gasteiger partial charge in [0, 0.05) is 17.0 Å². The van der Waals surface area contributed by atoms with Gasteiger partial charge in [0.2, 0.25) is 0 Å². The molecular weight excluding hydrogens is 350 g/mol. The van der Waals surface area contributed by atoms with E-state index in [-0.39, 0.29) is 12.5 Å². The van der Waals surface area contributed by atoms with Crippen molar-refractivity contribution < 1.29 is 19.4 Å². The largest absolute Gasteiger partial charge is 0.480 e. The van der Waals surface area contributed by atoms with Crippen LogP contribution < -0.4 is 10.7 Å². The second-order valence-electron chi connectivity index (χ2n) is 6.14. The number of allylic oxidation sites excluding steroid dienone is 1. The quantitative estimate of drug-likeness (QED) is 0.816. The van der Waals surface area contributed by atoms with Gasteiger partial charge in [0.05, 0.1) is 16.6 Å². The number of hydrogen-bond donors (Lipinski definition) is 1. The second-order valence-corrected chi connectivity index (χ2v) is 7.04. The number of rotatable bonds is 5. The summed E-state index contributed by atoms with van der Waals surface area (Å²) in [4.78, 5) is 22.7. The molecule has 2 atom stereocenters. The van der Waals surface area contributed by atoms with E-state index in [1.54, 1.807) is 11.8 Å². The zero-order chi connectivity index (χ0) is 18.1. The topological polar surface area (TPSA) is 68.5 Å². The van der Waals surface area contributed by atoms with E-state index in [2.05, 4.69) is 9.98 Å². The van der Waals surface area contributed by atoms with Gasteiger partial charge < -0.3 is 19.2 Å². The van der Waals surface area contributed by atoms with E-state index >= 15 is 0 Å². The minimum Gasteiger partial charge on any atom is -0.480 e. The first-order valence-electron chi connectivity index (χ1n) is 8.29. The molecule has 1 aromatic heterocycles. The highest BCUT2D eigenvalue weighted by Gasteiger charge is 2.30. The third-order valence-corrected chi connectivity index (χ3v) is 5.50. The zero-order valence-corrected chi connectivity index (χ0v) is 14.7. The molecule has 2 aliphatic rings. The third-order valence-electron chi connectivity index (χ3n) is 4.55. The standard InChI is InChI=1S/C20H17NO4S/c22-9-13-11-26-12-16-19(13)20-15(21(16)14-5-2-1-3-6-14)7-4-8-17(20)25-10-18(23)24/h1-9,12-13,17H,10-11H2,(H,23,24). The van der Waals surface area contributed by atoms with E-state index in [0.29, 0.717) is 5.75 Å². The molecule has 0 bridgehead atoms. The monoisotopic (exact) mass is 367 g/mol. The maximum Gasteiger partial charge on any atom is 0.329 e. The molecule has 2 unspecified atom stereocenters. The maximum absolute atomic E-state index is 11.7. The molecule has 0 saturated heterocycles. The molecule has 2 aromatic rings. The Bertz CT molecular complexity index is 1010. The number of carbonyl (C=O) groups is 2. The fraction of sp³-hybridized carbons (Fsp3) is 0.200. The van der Waals surface area contributed by atoms with Crippen molar-refractivity contribution in [3.8, 4) is 5.69 Å². The second kappa shape index (κ2) is 6.97. The van der Waals surface area contributed by atoms with Crippen molar-refractivity contribution in [3.05, 3.63) is 64.3 Å². The number of aldehydes is 1. The van der Waals surface area contributed by atoms with Crippen molar-refractivity contribution in [2.75, 3.05) is 12.4 Å². The van der Waals surface area contributed by atoms with Gasteiger partial charge >= 0.3 is 5.97 Å². The summed E-state index contributed by atoms with van der Waals surface area (Å²) < 4.78 is 7.74. The number of aliphatic carboxylic acids is 1. The molecule has 1 N–H and O–H groups in total. The summed E-state index contributed by atoms with van der Waals surface area (Å²) in [6.45, 7) is -0.385. The predicted octanol–water partition coefficient (Wildman–Crippen LogP) is 1.74. The molecule has 1 aliphatic carbocycles. The fourth-order valence-electron chi connectivity index (χ4n) is 3.54. The van der Waals surface area contributed by atoms with Crippen LogP contribution in [0.5, 0.6) is 0 Å². The smallest absolute Gasteiger partial charge is 0.329 e. The Hall–Kier alpha value is -2.57. The van der Waals surface area contributed by atoms with Gasteiger partial charge in [0.15, 0.2) is 0 Å². The number of fused-ring (bicyclic) bond motifs is 3.